The van der Waals surface area contributed by atoms with E-state index in [0.29, 0.717) is 27.1 Å². The summed E-state index contributed by atoms with van der Waals surface area (Å²) in [5.41, 5.74) is -2.42. The van der Waals surface area contributed by atoms with Crippen molar-refractivity contribution >= 4 is 29.6 Å². The van der Waals surface area contributed by atoms with Gasteiger partial charge >= 0.3 is 18.8 Å². The van der Waals surface area contributed by atoms with Gasteiger partial charge in [0.15, 0.2) is 11.4 Å². The molecule has 18 heteroatoms. The van der Waals surface area contributed by atoms with Crippen LogP contribution in [0.25, 0.3) is 22.6 Å². The Morgan fingerprint density at radius 1 is 1.04 bits per heavy atom. The monoisotopic (exact) mass is 795 g/mol. The lowest BCUT2D eigenvalue weighted by Gasteiger charge is -2.37. The molecule has 2 aromatic heterocycles. The number of aromatic nitrogens is 6. The Hall–Kier alpha value is -5.71. The van der Waals surface area contributed by atoms with Gasteiger partial charge < -0.3 is 4.74 Å². The lowest BCUT2D eigenvalue weighted by atomic mass is 9.74. The van der Waals surface area contributed by atoms with Gasteiger partial charge in [-0.05, 0) is 55.0 Å². The molecule has 2 amide bonds. The number of hydrogen-bond acceptors (Lipinski definition) is 8. The first-order valence-corrected chi connectivity index (χ1v) is 17.9. The number of hydrogen-bond donors (Lipinski definition) is 1. The van der Waals surface area contributed by atoms with Crippen LogP contribution in [0.5, 0.6) is 0 Å². The molecule has 0 bridgehead atoms. The molecule has 1 aliphatic heterocycles. The molecule has 7 rings (SSSR count). The van der Waals surface area contributed by atoms with Gasteiger partial charge in [0.05, 0.1) is 28.7 Å². The maximum absolute atomic E-state index is 15.1. The third kappa shape index (κ3) is 7.46. The number of aliphatic imine (C=N–C) groups is 1. The van der Waals surface area contributed by atoms with Crippen molar-refractivity contribution in [3.63, 3.8) is 0 Å². The van der Waals surface area contributed by atoms with Crippen LogP contribution in [-0.2, 0) is 21.7 Å². The molecular formula is C38H35ClF5N9O3. The van der Waals surface area contributed by atoms with Crippen LogP contribution in [-0.4, -0.2) is 58.8 Å². The quantitative estimate of drug-likeness (QED) is 0.132. The summed E-state index contributed by atoms with van der Waals surface area (Å²) in [5, 5.41) is 15.0. The molecule has 3 aromatic carbocycles. The predicted octanol–water partition coefficient (Wildman–Crippen LogP) is 8.65. The van der Waals surface area contributed by atoms with Gasteiger partial charge in [0.2, 0.25) is 5.96 Å². The molecule has 0 unspecified atom stereocenters. The molecule has 0 radical (unpaired) electrons. The van der Waals surface area contributed by atoms with Gasteiger partial charge in [-0.3, -0.25) is 15.0 Å². The molecule has 3 heterocycles. The van der Waals surface area contributed by atoms with E-state index in [9.17, 15) is 26.7 Å². The molecule has 1 N–H and O–H groups in total. The minimum Gasteiger partial charge on any atom is -0.444 e. The van der Waals surface area contributed by atoms with Crippen LogP contribution in [0.15, 0.2) is 90.3 Å². The highest BCUT2D eigenvalue weighted by Gasteiger charge is 2.59. The van der Waals surface area contributed by atoms with Crippen molar-refractivity contribution in [1.29, 1.82) is 0 Å². The Morgan fingerprint density at radius 3 is 2.41 bits per heavy atom. The molecule has 0 spiro atoms. The van der Waals surface area contributed by atoms with E-state index < -0.39 is 48.1 Å². The maximum Gasteiger partial charge on any atom is 0.414 e. The third-order valence-corrected chi connectivity index (χ3v) is 10.2. The van der Waals surface area contributed by atoms with Crippen molar-refractivity contribution < 1.29 is 36.3 Å². The average molecular weight is 796 g/mol. The molecule has 12 nitrogen and oxygen atoms in total. The number of amides is 2. The van der Waals surface area contributed by atoms with Gasteiger partial charge in [0, 0.05) is 11.1 Å². The van der Waals surface area contributed by atoms with E-state index in [1.54, 1.807) is 60.4 Å². The van der Waals surface area contributed by atoms with E-state index in [1.807, 2.05) is 0 Å². The summed E-state index contributed by atoms with van der Waals surface area (Å²) in [6.07, 6.45) is -2.20. The number of benzene rings is 3. The second-order valence-corrected chi connectivity index (χ2v) is 14.7. The summed E-state index contributed by atoms with van der Waals surface area (Å²) in [7, 11) is 0. The van der Waals surface area contributed by atoms with E-state index in [2.05, 4.69) is 30.6 Å². The topological polar surface area (TPSA) is 132 Å². The van der Waals surface area contributed by atoms with Gasteiger partial charge in [0.25, 0.3) is 5.91 Å². The predicted molar refractivity (Wildman–Crippen MR) is 194 cm³/mol. The van der Waals surface area contributed by atoms with Crippen LogP contribution in [0.1, 0.15) is 75.4 Å². The van der Waals surface area contributed by atoms with Gasteiger partial charge in [0.1, 0.15) is 18.6 Å². The molecule has 5 aromatic rings. The van der Waals surface area contributed by atoms with Gasteiger partial charge in [-0.1, -0.05) is 86.1 Å². The number of halogens is 6. The van der Waals surface area contributed by atoms with Crippen molar-refractivity contribution in [1.82, 2.24) is 40.0 Å². The van der Waals surface area contributed by atoms with E-state index in [4.69, 9.17) is 16.3 Å². The SMILES string of the molecule is C[C@@H](c1ccc(Cl)c(-c2ncnn2C(F)F)c1)N1C(=O)[C@@](CC(C)(C)C(F)(F)F)(c2ccc(-c3cnn(C4CC4)n3)cc2)N=C1NC(=O)OCc1ccccc1. The van der Waals surface area contributed by atoms with Crippen molar-refractivity contribution in [3.05, 3.63) is 107 Å². The Kier molecular flexibility index (Phi) is 10.2. The highest BCUT2D eigenvalue weighted by Crippen LogP contribution is 2.51. The molecule has 1 aliphatic carbocycles. The summed E-state index contributed by atoms with van der Waals surface area (Å²) >= 11 is 6.44. The second-order valence-electron chi connectivity index (χ2n) is 14.3. The highest BCUT2D eigenvalue weighted by atomic mass is 35.5. The number of alkyl carbamates (subject to hydrolysis) is 1. The number of guanidine groups is 1. The van der Waals surface area contributed by atoms with Crippen LogP contribution in [0.4, 0.5) is 26.7 Å². The molecular weight excluding hydrogens is 761 g/mol. The molecule has 292 valence electrons. The third-order valence-electron chi connectivity index (χ3n) is 9.89. The largest absolute Gasteiger partial charge is 0.444 e. The fraction of sp³-hybridized carbons (Fsp3) is 0.342. The van der Waals surface area contributed by atoms with Crippen LogP contribution in [0.3, 0.4) is 0 Å². The fourth-order valence-electron chi connectivity index (χ4n) is 6.54. The van der Waals surface area contributed by atoms with Crippen molar-refractivity contribution in [2.45, 2.75) is 77.0 Å². The number of nitrogens with one attached hydrogen (secondary N) is 1. The minimum atomic E-state index is -4.77. The summed E-state index contributed by atoms with van der Waals surface area (Å²) in [5.74, 6) is -1.54. The number of carbonyl (C=O) groups is 2. The van der Waals surface area contributed by atoms with Crippen molar-refractivity contribution in [3.8, 4) is 22.6 Å². The Balaban J connectivity index is 1.31. The minimum absolute atomic E-state index is 0.0404. The molecule has 2 atom stereocenters. The van der Waals surface area contributed by atoms with Crippen molar-refractivity contribution in [2.75, 3.05) is 0 Å². The first-order valence-electron chi connectivity index (χ1n) is 17.6. The van der Waals surface area contributed by atoms with E-state index >= 15 is 4.79 Å². The summed E-state index contributed by atoms with van der Waals surface area (Å²) in [6, 6.07) is 18.5. The van der Waals surface area contributed by atoms with Crippen molar-refractivity contribution in [2.24, 2.45) is 10.4 Å². The smallest absolute Gasteiger partial charge is 0.414 e. The number of carbonyl (C=O) groups excluding carboxylic acids is 2. The summed E-state index contributed by atoms with van der Waals surface area (Å²) in [6.45, 7) is 0.282. The fourth-order valence-corrected chi connectivity index (χ4v) is 6.74. The van der Waals surface area contributed by atoms with E-state index in [-0.39, 0.29) is 40.6 Å². The number of alkyl halides is 5. The van der Waals surface area contributed by atoms with Crippen LogP contribution in [0, 0.1) is 5.41 Å². The second kappa shape index (κ2) is 14.7. The zero-order valence-corrected chi connectivity index (χ0v) is 31.0. The van der Waals surface area contributed by atoms with Gasteiger partial charge in [-0.2, -0.15) is 46.7 Å². The van der Waals surface area contributed by atoms with E-state index in [1.165, 1.54) is 30.3 Å². The lowest BCUT2D eigenvalue weighted by Crippen LogP contribution is -2.49. The highest BCUT2D eigenvalue weighted by molar-refractivity contribution is 6.33. The van der Waals surface area contributed by atoms with Crippen LogP contribution < -0.4 is 5.32 Å². The standard InChI is InChI=1S/C38H35ClF5N9O3/c1-22(25-11-16-29(39)28(17-25)31-45-21-47-52(31)33(40)41)51-32(54)37(20-36(2,3)38(42,43)44,49-34(51)48-35(55)56-19-23-7-5-4-6-8-23)26-12-9-24(10-13-26)30-18-46-53(50-30)27-14-15-27/h4-13,16-18,21-22,27,33H,14-15,19-20H2,1-3H3,(H,48,49,55)/t22-,37+/m0/s1. The average Bonchev–Trinajstić information content (AvgIpc) is 3.55. The lowest BCUT2D eigenvalue weighted by molar-refractivity contribution is -0.218. The Bertz CT molecular complexity index is 2270. The first kappa shape index (κ1) is 38.6. The molecule has 2 aliphatic rings. The number of ether oxygens (including phenoxy) is 1. The molecule has 0 saturated heterocycles. The first-order chi connectivity index (χ1) is 26.6. The van der Waals surface area contributed by atoms with Gasteiger partial charge in [-0.25, -0.2) is 14.8 Å². The number of nitrogens with zero attached hydrogens (tertiary/aromatic N) is 8. The van der Waals surface area contributed by atoms with Crippen LogP contribution >= 0.6 is 11.6 Å². The Morgan fingerprint density at radius 2 is 1.75 bits per heavy atom. The maximum atomic E-state index is 15.1. The number of rotatable bonds is 11. The Labute approximate surface area is 322 Å². The normalized spacial score (nSPS) is 18.0. The molecule has 56 heavy (non-hydrogen) atoms. The molecule has 1 fully saturated rings. The zero-order valence-electron chi connectivity index (χ0n) is 30.2. The van der Waals surface area contributed by atoms with E-state index in [0.717, 1.165) is 37.9 Å². The summed E-state index contributed by atoms with van der Waals surface area (Å²) < 4.78 is 77.5. The van der Waals surface area contributed by atoms with Gasteiger partial charge in [-0.15, -0.1) is 0 Å². The zero-order chi connectivity index (χ0) is 40.0. The molecule has 1 saturated carbocycles. The summed E-state index contributed by atoms with van der Waals surface area (Å²) in [4.78, 5) is 39.7. The van der Waals surface area contributed by atoms with Crippen LogP contribution in [0.2, 0.25) is 5.02 Å².